The number of ketones is 3. The Morgan fingerprint density at radius 1 is 0.529 bits per heavy atom. The van der Waals surface area contributed by atoms with Gasteiger partial charge in [-0.2, -0.15) is 0 Å². The smallest absolute Gasteiger partial charge is 0.232 e. The fraction of sp³-hybridized carbons (Fsp3) is 0.750. The van der Waals surface area contributed by atoms with Crippen molar-refractivity contribution in [2.24, 2.45) is 17.8 Å². The van der Waals surface area contributed by atoms with Crippen molar-refractivity contribution >= 4 is 35.1 Å². The van der Waals surface area contributed by atoms with Crippen molar-refractivity contribution in [2.45, 2.75) is 57.8 Å². The summed E-state index contributed by atoms with van der Waals surface area (Å²) in [6, 6.07) is 0. The molecule has 3 unspecified atom stereocenters. The van der Waals surface area contributed by atoms with E-state index in [2.05, 4.69) is 0 Å². The summed E-state index contributed by atoms with van der Waals surface area (Å²) in [5.74, 6) is -0.747. The first-order chi connectivity index (χ1) is 15.4. The van der Waals surface area contributed by atoms with Crippen molar-refractivity contribution in [3.05, 3.63) is 0 Å². The fourth-order valence-corrected chi connectivity index (χ4v) is 4.17. The number of hydrogen-bond acceptors (Lipinski definition) is 6. The van der Waals surface area contributed by atoms with Crippen molar-refractivity contribution in [3.8, 4) is 0 Å². The van der Waals surface area contributed by atoms with Crippen molar-refractivity contribution in [1.29, 1.82) is 0 Å². The average Bonchev–Trinajstić information content (AvgIpc) is 3.48. The van der Waals surface area contributed by atoms with Gasteiger partial charge in [0.1, 0.15) is 17.3 Å². The standard InChI is InChI=1S/3C8H13NO2.Fe/c3*1-9(2)8(11)6-4-3-5-7(6)10;/h3*6H,3-5H2,1-2H3;. The fourth-order valence-electron chi connectivity index (χ4n) is 4.17. The monoisotopic (exact) mass is 521 g/mol. The number of Topliss-reactive ketones (excluding diaryl/α,β-unsaturated/α-hetero) is 3. The third-order valence-corrected chi connectivity index (χ3v) is 6.13. The van der Waals surface area contributed by atoms with Crippen LogP contribution in [0.2, 0.25) is 0 Å². The van der Waals surface area contributed by atoms with E-state index in [1.54, 1.807) is 42.3 Å². The molecule has 194 valence electrons. The van der Waals surface area contributed by atoms with E-state index in [1.165, 1.54) is 14.7 Å². The number of carbonyl (C=O) groups is 6. The Morgan fingerprint density at radius 2 is 0.735 bits per heavy atom. The molecule has 10 heteroatoms. The Hall–Kier alpha value is -2.06. The van der Waals surface area contributed by atoms with Crippen LogP contribution in [-0.4, -0.2) is 92.1 Å². The Kier molecular flexibility index (Phi) is 14.1. The number of carbonyl (C=O) groups excluding carboxylic acids is 6. The zero-order chi connectivity index (χ0) is 25.3. The molecule has 0 saturated heterocycles. The number of amides is 3. The van der Waals surface area contributed by atoms with E-state index in [0.29, 0.717) is 19.3 Å². The van der Waals surface area contributed by atoms with Gasteiger partial charge in [0.15, 0.2) is 0 Å². The predicted molar refractivity (Wildman–Crippen MR) is 123 cm³/mol. The zero-order valence-corrected chi connectivity index (χ0v) is 22.3. The van der Waals surface area contributed by atoms with Gasteiger partial charge >= 0.3 is 0 Å². The van der Waals surface area contributed by atoms with E-state index in [4.69, 9.17) is 0 Å². The van der Waals surface area contributed by atoms with Crippen LogP contribution in [0, 0.1) is 17.8 Å². The maximum atomic E-state index is 11.3. The average molecular weight is 521 g/mol. The van der Waals surface area contributed by atoms with Crippen molar-refractivity contribution in [2.75, 3.05) is 42.3 Å². The Morgan fingerprint density at radius 3 is 0.853 bits per heavy atom. The van der Waals surface area contributed by atoms with E-state index >= 15 is 0 Å². The van der Waals surface area contributed by atoms with Crippen molar-refractivity contribution < 1.29 is 45.8 Å². The van der Waals surface area contributed by atoms with Gasteiger partial charge < -0.3 is 14.7 Å². The third-order valence-electron chi connectivity index (χ3n) is 6.13. The van der Waals surface area contributed by atoms with Gasteiger partial charge in [0.2, 0.25) is 17.7 Å². The normalized spacial score (nSPS) is 23.1. The number of nitrogens with zero attached hydrogens (tertiary/aromatic N) is 3. The van der Waals surface area contributed by atoms with Crippen molar-refractivity contribution in [1.82, 2.24) is 14.7 Å². The SMILES string of the molecule is CN(C)C(=O)C1CCCC1=O.CN(C)C(=O)C1CCCC1=O.CN(C)C(=O)C1CCCC1=O.[Fe]. The second-order valence-electron chi connectivity index (χ2n) is 9.43. The zero-order valence-electron chi connectivity index (χ0n) is 21.2. The van der Waals surface area contributed by atoms with Crippen LogP contribution in [-0.2, 0) is 45.8 Å². The maximum Gasteiger partial charge on any atom is 0.232 e. The minimum absolute atomic E-state index is 0. The van der Waals surface area contributed by atoms with Gasteiger partial charge in [-0.15, -0.1) is 0 Å². The molecule has 3 atom stereocenters. The Bertz CT molecular complexity index is 666. The van der Waals surface area contributed by atoms with Crippen LogP contribution < -0.4 is 0 Å². The molecule has 0 heterocycles. The molecule has 0 N–H and O–H groups in total. The van der Waals surface area contributed by atoms with E-state index in [0.717, 1.165) is 38.5 Å². The van der Waals surface area contributed by atoms with Crippen LogP contribution in [0.25, 0.3) is 0 Å². The predicted octanol–water partition coefficient (Wildman–Crippen LogP) is 1.33. The first-order valence-electron chi connectivity index (χ1n) is 11.6. The quantitative estimate of drug-likeness (QED) is 0.409. The second kappa shape index (κ2) is 15.0. The van der Waals surface area contributed by atoms with E-state index in [9.17, 15) is 28.8 Å². The van der Waals surface area contributed by atoms with E-state index in [1.807, 2.05) is 0 Å². The van der Waals surface area contributed by atoms with Gasteiger partial charge in [-0.3, -0.25) is 28.8 Å². The van der Waals surface area contributed by atoms with Gasteiger partial charge in [0.05, 0.1) is 17.8 Å². The molecular formula is C24H39FeN3O6. The topological polar surface area (TPSA) is 112 Å². The molecule has 0 spiro atoms. The summed E-state index contributed by atoms with van der Waals surface area (Å²) in [6.07, 6.45) is 6.63. The molecule has 9 nitrogen and oxygen atoms in total. The molecule has 0 aromatic carbocycles. The molecule has 0 radical (unpaired) electrons. The van der Waals surface area contributed by atoms with Crippen LogP contribution in [0.4, 0.5) is 0 Å². The Labute approximate surface area is 213 Å². The molecule has 3 fully saturated rings. The van der Waals surface area contributed by atoms with Gasteiger partial charge in [0, 0.05) is 78.6 Å². The molecule has 0 aromatic rings. The molecule has 0 aromatic heterocycles. The summed E-state index contributed by atoms with van der Waals surface area (Å²) in [6.45, 7) is 0. The minimum Gasteiger partial charge on any atom is -0.348 e. The molecule has 3 rings (SSSR count). The molecule has 0 aliphatic heterocycles. The molecule has 34 heavy (non-hydrogen) atoms. The summed E-state index contributed by atoms with van der Waals surface area (Å²) in [5.41, 5.74) is 0. The molecular weight excluding hydrogens is 482 g/mol. The first kappa shape index (κ1) is 31.9. The van der Waals surface area contributed by atoms with Gasteiger partial charge in [-0.1, -0.05) is 0 Å². The third kappa shape index (κ3) is 9.29. The van der Waals surface area contributed by atoms with E-state index in [-0.39, 0.29) is 69.9 Å². The van der Waals surface area contributed by atoms with E-state index < -0.39 is 0 Å². The largest absolute Gasteiger partial charge is 0.348 e. The minimum atomic E-state index is -0.329. The van der Waals surface area contributed by atoms with Crippen LogP contribution >= 0.6 is 0 Å². The summed E-state index contributed by atoms with van der Waals surface area (Å²) in [7, 11) is 10.1. The first-order valence-corrected chi connectivity index (χ1v) is 11.6. The van der Waals surface area contributed by atoms with Crippen molar-refractivity contribution in [3.63, 3.8) is 0 Å². The summed E-state index contributed by atoms with van der Waals surface area (Å²) < 4.78 is 0. The molecule has 0 bridgehead atoms. The van der Waals surface area contributed by atoms with Crippen LogP contribution in [0.15, 0.2) is 0 Å². The van der Waals surface area contributed by atoms with Crippen LogP contribution in [0.3, 0.4) is 0 Å². The van der Waals surface area contributed by atoms with Gasteiger partial charge in [-0.05, 0) is 38.5 Å². The molecule has 3 saturated carbocycles. The van der Waals surface area contributed by atoms with Crippen LogP contribution in [0.5, 0.6) is 0 Å². The second-order valence-corrected chi connectivity index (χ2v) is 9.43. The summed E-state index contributed by atoms with van der Waals surface area (Å²) in [5, 5.41) is 0. The maximum absolute atomic E-state index is 11.3. The van der Waals surface area contributed by atoms with Gasteiger partial charge in [0.25, 0.3) is 0 Å². The number of rotatable bonds is 3. The van der Waals surface area contributed by atoms with Crippen LogP contribution in [0.1, 0.15) is 57.8 Å². The molecule has 3 aliphatic rings. The Balaban J connectivity index is 0.000000473. The molecule has 3 amide bonds. The summed E-state index contributed by atoms with van der Waals surface area (Å²) >= 11 is 0. The molecule has 3 aliphatic carbocycles. The van der Waals surface area contributed by atoms with Gasteiger partial charge in [-0.25, -0.2) is 0 Å². The number of hydrogen-bond donors (Lipinski definition) is 0. The summed E-state index contributed by atoms with van der Waals surface area (Å²) in [4.78, 5) is 71.5.